The minimum Gasteiger partial charge on any atom is -0.372 e. The second-order valence-electron chi connectivity index (χ2n) is 4.55. The van der Waals surface area contributed by atoms with Crippen LogP contribution in [-0.2, 0) is 6.54 Å². The van der Waals surface area contributed by atoms with Gasteiger partial charge in [-0.25, -0.2) is 9.07 Å². The Morgan fingerprint density at radius 2 is 2.05 bits per heavy atom. The van der Waals surface area contributed by atoms with Crippen molar-refractivity contribution >= 4 is 5.69 Å². The molecule has 1 aromatic heterocycles. The summed E-state index contributed by atoms with van der Waals surface area (Å²) in [6.07, 6.45) is 1.63. The van der Waals surface area contributed by atoms with Crippen molar-refractivity contribution in [2.45, 2.75) is 6.54 Å². The first-order chi connectivity index (χ1) is 9.60. The molecule has 0 spiro atoms. The van der Waals surface area contributed by atoms with E-state index in [9.17, 15) is 9.18 Å². The van der Waals surface area contributed by atoms with E-state index in [2.05, 4.69) is 5.10 Å². The second kappa shape index (κ2) is 6.29. The van der Waals surface area contributed by atoms with Crippen LogP contribution in [-0.4, -0.2) is 29.9 Å². The Hall–Kier alpha value is -2.21. The van der Waals surface area contributed by atoms with Crippen molar-refractivity contribution in [1.82, 2.24) is 9.78 Å². The van der Waals surface area contributed by atoms with Gasteiger partial charge >= 0.3 is 0 Å². The molecule has 0 saturated carbocycles. The zero-order chi connectivity index (χ0) is 14.5. The topological polar surface area (TPSA) is 64.2 Å². The number of rotatable bonds is 5. The summed E-state index contributed by atoms with van der Waals surface area (Å²) in [7, 11) is 1.85. The van der Waals surface area contributed by atoms with Crippen LogP contribution in [0.25, 0.3) is 0 Å². The van der Waals surface area contributed by atoms with Gasteiger partial charge in [0, 0.05) is 26.2 Å². The van der Waals surface area contributed by atoms with Gasteiger partial charge in [-0.2, -0.15) is 5.10 Å². The quantitative estimate of drug-likeness (QED) is 0.878. The molecule has 1 heterocycles. The summed E-state index contributed by atoms with van der Waals surface area (Å²) in [4.78, 5) is 13.9. The maximum absolute atomic E-state index is 12.8. The second-order valence-corrected chi connectivity index (χ2v) is 4.55. The van der Waals surface area contributed by atoms with Crippen LogP contribution in [0.4, 0.5) is 10.1 Å². The van der Waals surface area contributed by atoms with Gasteiger partial charge in [-0.15, -0.1) is 0 Å². The van der Waals surface area contributed by atoms with Gasteiger partial charge in [-0.3, -0.25) is 4.79 Å². The lowest BCUT2D eigenvalue weighted by Crippen LogP contribution is -2.29. The van der Waals surface area contributed by atoms with Gasteiger partial charge in [0.2, 0.25) is 0 Å². The molecule has 0 radical (unpaired) electrons. The molecule has 2 aromatic rings. The minimum absolute atomic E-state index is 0.198. The van der Waals surface area contributed by atoms with Crippen molar-refractivity contribution in [3.05, 3.63) is 58.3 Å². The molecule has 2 N–H and O–H groups in total. The number of hydrogen-bond donors (Lipinski definition) is 1. The molecule has 0 fully saturated rings. The number of anilines is 1. The van der Waals surface area contributed by atoms with Crippen LogP contribution >= 0.6 is 0 Å². The summed E-state index contributed by atoms with van der Waals surface area (Å²) in [5, 5.41) is 4.13. The highest BCUT2D eigenvalue weighted by Gasteiger charge is 2.05. The lowest BCUT2D eigenvalue weighted by Gasteiger charge is -2.17. The lowest BCUT2D eigenvalue weighted by atomic mass is 10.2. The molecule has 0 bridgehead atoms. The summed E-state index contributed by atoms with van der Waals surface area (Å²) >= 11 is 0. The normalized spacial score (nSPS) is 10.6. The van der Waals surface area contributed by atoms with Crippen LogP contribution in [0.5, 0.6) is 0 Å². The highest BCUT2D eigenvalue weighted by molar-refractivity contribution is 5.41. The third-order valence-electron chi connectivity index (χ3n) is 3.01. The van der Waals surface area contributed by atoms with Crippen LogP contribution in [0.2, 0.25) is 0 Å². The summed E-state index contributed by atoms with van der Waals surface area (Å²) in [6, 6.07) is 7.52. The largest absolute Gasteiger partial charge is 0.372 e. The van der Waals surface area contributed by atoms with Gasteiger partial charge in [0.25, 0.3) is 5.56 Å². The number of nitrogens with two attached hydrogens (primary N) is 1. The first kappa shape index (κ1) is 14.2. The predicted molar refractivity (Wildman–Crippen MR) is 76.3 cm³/mol. The molecule has 2 rings (SSSR count). The summed E-state index contributed by atoms with van der Waals surface area (Å²) < 4.78 is 14.2. The molecular formula is C14H17FN4O. The zero-order valence-electron chi connectivity index (χ0n) is 11.3. The van der Waals surface area contributed by atoms with Gasteiger partial charge in [0.15, 0.2) is 0 Å². The zero-order valence-corrected chi connectivity index (χ0v) is 11.3. The monoisotopic (exact) mass is 276 g/mol. The van der Waals surface area contributed by atoms with E-state index in [1.807, 2.05) is 11.9 Å². The standard InChI is InChI=1S/C14H17FN4O/c1-18(7-6-16)13-8-14(20)19(17-9-13)10-11-2-4-12(15)5-3-11/h2-5,8-9H,6-7,10,16H2,1H3. The van der Waals surface area contributed by atoms with Gasteiger partial charge in [0.1, 0.15) is 5.82 Å². The van der Waals surface area contributed by atoms with Crippen molar-refractivity contribution in [3.63, 3.8) is 0 Å². The summed E-state index contributed by atoms with van der Waals surface area (Å²) in [5.74, 6) is -0.298. The van der Waals surface area contributed by atoms with E-state index in [-0.39, 0.29) is 11.4 Å². The SMILES string of the molecule is CN(CCN)c1cnn(Cc2ccc(F)cc2)c(=O)c1. The fourth-order valence-corrected chi connectivity index (χ4v) is 1.84. The first-order valence-corrected chi connectivity index (χ1v) is 6.33. The van der Waals surface area contributed by atoms with Crippen molar-refractivity contribution < 1.29 is 4.39 Å². The smallest absolute Gasteiger partial charge is 0.269 e. The first-order valence-electron chi connectivity index (χ1n) is 6.33. The Morgan fingerprint density at radius 3 is 2.65 bits per heavy atom. The third-order valence-corrected chi connectivity index (χ3v) is 3.01. The average molecular weight is 276 g/mol. The maximum atomic E-state index is 12.8. The molecule has 0 atom stereocenters. The molecule has 1 aromatic carbocycles. The van der Waals surface area contributed by atoms with E-state index in [0.717, 1.165) is 11.3 Å². The van der Waals surface area contributed by atoms with E-state index < -0.39 is 0 Å². The predicted octanol–water partition coefficient (Wildman–Crippen LogP) is 0.826. The number of likely N-dealkylation sites (N-methyl/N-ethyl adjacent to an activating group) is 1. The van der Waals surface area contributed by atoms with Gasteiger partial charge in [0.05, 0.1) is 18.4 Å². The molecular weight excluding hydrogens is 259 g/mol. The molecule has 0 amide bonds. The highest BCUT2D eigenvalue weighted by Crippen LogP contribution is 2.07. The van der Waals surface area contributed by atoms with Gasteiger partial charge < -0.3 is 10.6 Å². The maximum Gasteiger partial charge on any atom is 0.269 e. The molecule has 106 valence electrons. The third kappa shape index (κ3) is 3.42. The average Bonchev–Trinajstić information content (AvgIpc) is 2.43. The van der Waals surface area contributed by atoms with Crippen molar-refractivity contribution in [1.29, 1.82) is 0 Å². The van der Waals surface area contributed by atoms with Gasteiger partial charge in [-0.05, 0) is 17.7 Å². The van der Waals surface area contributed by atoms with Crippen LogP contribution in [0.15, 0.2) is 41.3 Å². The Morgan fingerprint density at radius 1 is 1.35 bits per heavy atom. The summed E-state index contributed by atoms with van der Waals surface area (Å²) in [5.41, 5.74) is 6.83. The highest BCUT2D eigenvalue weighted by atomic mass is 19.1. The Bertz CT molecular complexity index is 624. The fourth-order valence-electron chi connectivity index (χ4n) is 1.84. The van der Waals surface area contributed by atoms with Gasteiger partial charge in [-0.1, -0.05) is 12.1 Å². The van der Waals surface area contributed by atoms with Crippen LogP contribution in [0, 0.1) is 5.82 Å². The van der Waals surface area contributed by atoms with Crippen molar-refractivity contribution in [2.75, 3.05) is 25.0 Å². The Labute approximate surface area is 116 Å². The number of benzene rings is 1. The molecule has 5 nitrogen and oxygen atoms in total. The van der Waals surface area contributed by atoms with Crippen LogP contribution in [0.3, 0.4) is 0 Å². The molecule has 20 heavy (non-hydrogen) atoms. The minimum atomic E-state index is -0.298. The number of nitrogens with zero attached hydrogens (tertiary/aromatic N) is 3. The van der Waals surface area contributed by atoms with Crippen molar-refractivity contribution in [3.8, 4) is 0 Å². The van der Waals surface area contributed by atoms with E-state index in [1.165, 1.54) is 22.9 Å². The van der Waals surface area contributed by atoms with E-state index in [1.54, 1.807) is 18.3 Å². The number of aromatic nitrogens is 2. The summed E-state index contributed by atoms with van der Waals surface area (Å²) in [6.45, 7) is 1.48. The Kier molecular flexibility index (Phi) is 4.47. The fraction of sp³-hybridized carbons (Fsp3) is 0.286. The van der Waals surface area contributed by atoms with E-state index in [0.29, 0.717) is 19.6 Å². The molecule has 6 heteroatoms. The molecule has 0 unspecified atom stereocenters. The lowest BCUT2D eigenvalue weighted by molar-refractivity contribution is 0.618. The number of halogens is 1. The molecule has 0 aliphatic rings. The van der Waals surface area contributed by atoms with E-state index in [4.69, 9.17) is 5.73 Å². The number of hydrogen-bond acceptors (Lipinski definition) is 4. The van der Waals surface area contributed by atoms with E-state index >= 15 is 0 Å². The molecule has 0 aliphatic carbocycles. The van der Waals surface area contributed by atoms with Crippen LogP contribution in [0.1, 0.15) is 5.56 Å². The molecule has 0 aliphatic heterocycles. The van der Waals surface area contributed by atoms with Crippen molar-refractivity contribution in [2.24, 2.45) is 5.73 Å². The molecule has 0 saturated heterocycles. The Balaban J connectivity index is 2.17. The van der Waals surface area contributed by atoms with Crippen LogP contribution < -0.4 is 16.2 Å².